The summed E-state index contributed by atoms with van der Waals surface area (Å²) in [4.78, 5) is 24.5. The number of rotatable bonds is 2. The minimum Gasteiger partial charge on any atom is -0.362 e. The van der Waals surface area contributed by atoms with Crippen molar-refractivity contribution in [2.75, 3.05) is 20.2 Å². The number of likely N-dealkylation sites (N-methyl/N-ethyl adjacent to an activating group) is 1. The van der Waals surface area contributed by atoms with Gasteiger partial charge in [-0.15, -0.1) is 0 Å². The van der Waals surface area contributed by atoms with E-state index in [1.54, 1.807) is 18.0 Å². The fourth-order valence-electron chi connectivity index (χ4n) is 1.97. The van der Waals surface area contributed by atoms with E-state index in [-0.39, 0.29) is 24.4 Å². The van der Waals surface area contributed by atoms with E-state index in [9.17, 15) is 9.59 Å². The summed E-state index contributed by atoms with van der Waals surface area (Å²) >= 11 is 0. The highest BCUT2D eigenvalue weighted by molar-refractivity contribution is 5.95. The van der Waals surface area contributed by atoms with Crippen molar-refractivity contribution in [3.8, 4) is 0 Å². The average molecular weight is 233 g/mol. The van der Waals surface area contributed by atoms with Crippen LogP contribution in [-0.2, 0) is 9.53 Å². The number of amides is 1. The molecular weight excluding hydrogens is 218 g/mol. The van der Waals surface area contributed by atoms with Crippen molar-refractivity contribution in [3.63, 3.8) is 0 Å². The molecule has 0 bridgehead atoms. The molecule has 1 fully saturated rings. The minimum atomic E-state index is -0.210. The van der Waals surface area contributed by atoms with Gasteiger partial charge in [0.15, 0.2) is 5.78 Å². The summed E-state index contributed by atoms with van der Waals surface area (Å²) in [5.74, 6) is -0.00897. The molecule has 90 valence electrons. The Kier molecular flexibility index (Phi) is 3.24. The zero-order chi connectivity index (χ0) is 12.4. The Balaban J connectivity index is 2.28. The molecule has 2 rings (SSSR count). The Hall–Kier alpha value is -1.68. The van der Waals surface area contributed by atoms with E-state index < -0.39 is 0 Å². The standard InChI is InChI=1S/C13H15NO3/c1-9(15)10-5-3-4-6-11(10)12-7-14(2)13(16)8-17-12/h3-6,12H,7-8H2,1-2H3. The van der Waals surface area contributed by atoms with Crippen LogP contribution in [0.2, 0.25) is 0 Å². The normalized spacial score (nSPS) is 20.5. The van der Waals surface area contributed by atoms with Crippen LogP contribution in [0.25, 0.3) is 0 Å². The SMILES string of the molecule is CC(=O)c1ccccc1C1CN(C)C(=O)CO1. The van der Waals surface area contributed by atoms with Crippen LogP contribution in [0.5, 0.6) is 0 Å². The number of ketones is 1. The van der Waals surface area contributed by atoms with Crippen LogP contribution >= 0.6 is 0 Å². The summed E-state index contributed by atoms with van der Waals surface area (Å²) in [6.07, 6.45) is -0.210. The van der Waals surface area contributed by atoms with Crippen LogP contribution < -0.4 is 0 Å². The number of ether oxygens (including phenoxy) is 1. The third kappa shape index (κ3) is 2.36. The molecule has 0 radical (unpaired) electrons. The van der Waals surface area contributed by atoms with E-state index in [0.717, 1.165) is 5.56 Å². The summed E-state index contributed by atoms with van der Waals surface area (Å²) in [5.41, 5.74) is 1.53. The summed E-state index contributed by atoms with van der Waals surface area (Å²) in [6.45, 7) is 2.10. The Morgan fingerprint density at radius 2 is 2.12 bits per heavy atom. The molecule has 1 heterocycles. The molecule has 1 atom stereocenters. The molecule has 17 heavy (non-hydrogen) atoms. The Morgan fingerprint density at radius 3 is 2.76 bits per heavy atom. The molecule has 0 N–H and O–H groups in total. The predicted molar refractivity (Wildman–Crippen MR) is 62.8 cm³/mol. The quantitative estimate of drug-likeness (QED) is 0.726. The van der Waals surface area contributed by atoms with Gasteiger partial charge >= 0.3 is 0 Å². The van der Waals surface area contributed by atoms with Crippen molar-refractivity contribution >= 4 is 11.7 Å². The van der Waals surface area contributed by atoms with Crippen molar-refractivity contribution < 1.29 is 14.3 Å². The molecule has 0 spiro atoms. The first kappa shape index (κ1) is 11.8. The monoisotopic (exact) mass is 233 g/mol. The van der Waals surface area contributed by atoms with Crippen molar-refractivity contribution in [1.29, 1.82) is 0 Å². The lowest BCUT2D eigenvalue weighted by molar-refractivity contribution is -0.147. The number of nitrogens with zero attached hydrogens (tertiary/aromatic N) is 1. The molecule has 1 aliphatic rings. The van der Waals surface area contributed by atoms with Crippen molar-refractivity contribution in [1.82, 2.24) is 4.90 Å². The summed E-state index contributed by atoms with van der Waals surface area (Å²) in [6, 6.07) is 7.38. The maximum atomic E-state index is 11.5. The van der Waals surface area contributed by atoms with E-state index in [0.29, 0.717) is 12.1 Å². The third-order valence-corrected chi connectivity index (χ3v) is 2.96. The molecule has 4 heteroatoms. The molecule has 1 amide bonds. The van der Waals surface area contributed by atoms with Crippen LogP contribution in [0.15, 0.2) is 24.3 Å². The van der Waals surface area contributed by atoms with Gasteiger partial charge in [-0.25, -0.2) is 0 Å². The topological polar surface area (TPSA) is 46.6 Å². The van der Waals surface area contributed by atoms with E-state index in [4.69, 9.17) is 4.74 Å². The van der Waals surface area contributed by atoms with Crippen LogP contribution in [0.3, 0.4) is 0 Å². The number of hydrogen-bond acceptors (Lipinski definition) is 3. The lowest BCUT2D eigenvalue weighted by Gasteiger charge is -2.30. The number of Topliss-reactive ketones (excluding diaryl/α,β-unsaturated/α-hetero) is 1. The van der Waals surface area contributed by atoms with Gasteiger partial charge in [0.1, 0.15) is 12.7 Å². The Morgan fingerprint density at radius 1 is 1.41 bits per heavy atom. The van der Waals surface area contributed by atoms with E-state index >= 15 is 0 Å². The Bertz CT molecular complexity index is 456. The molecule has 1 saturated heterocycles. The van der Waals surface area contributed by atoms with Crippen LogP contribution in [-0.4, -0.2) is 36.8 Å². The van der Waals surface area contributed by atoms with Gasteiger partial charge < -0.3 is 9.64 Å². The first-order valence-electron chi connectivity index (χ1n) is 5.55. The molecule has 0 aromatic heterocycles. The predicted octanol–water partition coefficient (Wildman–Crippen LogP) is 1.42. The number of carbonyl (C=O) groups excluding carboxylic acids is 2. The fraction of sp³-hybridized carbons (Fsp3) is 0.385. The molecule has 1 aliphatic heterocycles. The van der Waals surface area contributed by atoms with Gasteiger partial charge in [-0.2, -0.15) is 0 Å². The number of morpholine rings is 1. The van der Waals surface area contributed by atoms with Gasteiger partial charge in [0.25, 0.3) is 0 Å². The zero-order valence-electron chi connectivity index (χ0n) is 9.97. The second-order valence-electron chi connectivity index (χ2n) is 4.22. The van der Waals surface area contributed by atoms with Gasteiger partial charge in [-0.1, -0.05) is 24.3 Å². The van der Waals surface area contributed by atoms with Crippen LogP contribution in [0, 0.1) is 0 Å². The summed E-state index contributed by atoms with van der Waals surface area (Å²) < 4.78 is 5.49. The molecule has 1 aromatic carbocycles. The van der Waals surface area contributed by atoms with Crippen molar-refractivity contribution in [2.24, 2.45) is 0 Å². The maximum Gasteiger partial charge on any atom is 0.248 e. The Labute approximate surface area is 100 Å². The molecule has 1 aromatic rings. The van der Waals surface area contributed by atoms with Crippen molar-refractivity contribution in [3.05, 3.63) is 35.4 Å². The second-order valence-corrected chi connectivity index (χ2v) is 4.22. The highest BCUT2D eigenvalue weighted by Gasteiger charge is 2.26. The molecular formula is C13H15NO3. The van der Waals surface area contributed by atoms with Gasteiger partial charge in [-0.3, -0.25) is 9.59 Å². The molecule has 1 unspecified atom stereocenters. The lowest BCUT2D eigenvalue weighted by Crippen LogP contribution is -2.40. The molecule has 0 saturated carbocycles. The summed E-state index contributed by atoms with van der Waals surface area (Å²) in [5, 5.41) is 0. The average Bonchev–Trinajstić information content (AvgIpc) is 2.32. The number of hydrogen-bond donors (Lipinski definition) is 0. The first-order valence-corrected chi connectivity index (χ1v) is 5.55. The van der Waals surface area contributed by atoms with Gasteiger partial charge in [-0.05, 0) is 12.5 Å². The first-order chi connectivity index (χ1) is 8.09. The lowest BCUT2D eigenvalue weighted by atomic mass is 9.99. The number of carbonyl (C=O) groups is 2. The van der Waals surface area contributed by atoms with Crippen molar-refractivity contribution in [2.45, 2.75) is 13.0 Å². The fourth-order valence-corrected chi connectivity index (χ4v) is 1.97. The molecule has 4 nitrogen and oxygen atoms in total. The third-order valence-electron chi connectivity index (χ3n) is 2.96. The largest absolute Gasteiger partial charge is 0.362 e. The van der Waals surface area contributed by atoms with E-state index in [1.165, 1.54) is 6.92 Å². The smallest absolute Gasteiger partial charge is 0.248 e. The highest BCUT2D eigenvalue weighted by atomic mass is 16.5. The second kappa shape index (κ2) is 4.67. The van der Waals surface area contributed by atoms with Gasteiger partial charge in [0.2, 0.25) is 5.91 Å². The van der Waals surface area contributed by atoms with Gasteiger partial charge in [0.05, 0.1) is 6.54 Å². The van der Waals surface area contributed by atoms with E-state index in [2.05, 4.69) is 0 Å². The highest BCUT2D eigenvalue weighted by Crippen LogP contribution is 2.25. The number of benzene rings is 1. The minimum absolute atomic E-state index is 0.0174. The van der Waals surface area contributed by atoms with Crippen LogP contribution in [0.4, 0.5) is 0 Å². The summed E-state index contributed by atoms with van der Waals surface area (Å²) in [7, 11) is 1.74. The zero-order valence-corrected chi connectivity index (χ0v) is 9.97. The maximum absolute atomic E-state index is 11.5. The molecule has 0 aliphatic carbocycles. The van der Waals surface area contributed by atoms with Gasteiger partial charge in [0, 0.05) is 12.6 Å². The van der Waals surface area contributed by atoms with E-state index in [1.807, 2.05) is 18.2 Å². The van der Waals surface area contributed by atoms with Crippen LogP contribution in [0.1, 0.15) is 28.9 Å².